The van der Waals surface area contributed by atoms with E-state index in [1.54, 1.807) is 18.6 Å². The van der Waals surface area contributed by atoms with Crippen molar-refractivity contribution in [2.24, 2.45) is 0 Å². The fraction of sp³-hybridized carbons (Fsp3) is 0.0476. The zero-order valence-corrected chi connectivity index (χ0v) is 16.0. The fourth-order valence-corrected chi connectivity index (χ4v) is 2.52. The van der Waals surface area contributed by atoms with E-state index >= 15 is 0 Å². The van der Waals surface area contributed by atoms with Crippen molar-refractivity contribution < 1.29 is 21.1 Å². The van der Waals surface area contributed by atoms with Gasteiger partial charge in [-0.15, -0.1) is 71.8 Å². The Balaban J connectivity index is 0.00000196. The standard InChI is InChI=1S/C21H14N4.Pt/c1-3-7-16(8-4-1)20-15-22-14-19(24-20)13-18-11-12-23-21(25-18)17-9-5-2-6-10-17;/h1-7,9,11-12,14-15H,13H2;/q-2;+2. The summed E-state index contributed by atoms with van der Waals surface area (Å²) in [4.78, 5) is 17.9. The van der Waals surface area contributed by atoms with Gasteiger partial charge in [-0.25, -0.2) is 0 Å². The van der Waals surface area contributed by atoms with E-state index in [4.69, 9.17) is 0 Å². The van der Waals surface area contributed by atoms with Crippen LogP contribution in [0.15, 0.2) is 73.2 Å². The Bertz CT molecular complexity index is 894. The van der Waals surface area contributed by atoms with E-state index < -0.39 is 0 Å². The minimum Gasteiger partial charge on any atom is -0.298 e. The Hall–Kier alpha value is -2.71. The molecule has 2 aromatic heterocycles. The molecule has 0 aliphatic heterocycles. The molecule has 5 heteroatoms. The molecule has 2 heterocycles. The molecule has 0 fully saturated rings. The summed E-state index contributed by atoms with van der Waals surface area (Å²) < 4.78 is 0. The first-order chi connectivity index (χ1) is 12.4. The molecule has 26 heavy (non-hydrogen) atoms. The molecular weight excluding hydrogens is 503 g/mol. The summed E-state index contributed by atoms with van der Waals surface area (Å²) in [7, 11) is 0. The van der Waals surface area contributed by atoms with Crippen LogP contribution in [0.5, 0.6) is 0 Å². The first-order valence-electron chi connectivity index (χ1n) is 7.95. The van der Waals surface area contributed by atoms with Crippen LogP contribution in [-0.2, 0) is 27.5 Å². The molecule has 0 aliphatic rings. The zero-order valence-electron chi connectivity index (χ0n) is 13.7. The van der Waals surface area contributed by atoms with E-state index in [-0.39, 0.29) is 21.1 Å². The van der Waals surface area contributed by atoms with Gasteiger partial charge < -0.3 is 0 Å². The van der Waals surface area contributed by atoms with Crippen molar-refractivity contribution in [3.05, 3.63) is 96.7 Å². The molecule has 0 amide bonds. The summed E-state index contributed by atoms with van der Waals surface area (Å²) in [6, 6.07) is 23.7. The molecule has 0 atom stereocenters. The summed E-state index contributed by atoms with van der Waals surface area (Å²) in [5, 5.41) is 0. The molecule has 0 unspecified atom stereocenters. The number of hydrogen-bond donors (Lipinski definition) is 0. The summed E-state index contributed by atoms with van der Waals surface area (Å²) in [5.41, 5.74) is 4.37. The van der Waals surface area contributed by atoms with Gasteiger partial charge in [-0.2, -0.15) is 0 Å². The van der Waals surface area contributed by atoms with E-state index in [0.29, 0.717) is 12.2 Å². The van der Waals surface area contributed by atoms with Crippen molar-refractivity contribution in [2.75, 3.05) is 0 Å². The number of nitrogens with zero attached hydrogens (tertiary/aromatic N) is 4. The topological polar surface area (TPSA) is 51.6 Å². The Kier molecular flexibility index (Phi) is 5.98. The van der Waals surface area contributed by atoms with Gasteiger partial charge in [0.1, 0.15) is 0 Å². The normalized spacial score (nSPS) is 10.2. The molecule has 0 aliphatic carbocycles. The second-order valence-electron chi connectivity index (χ2n) is 5.50. The van der Waals surface area contributed by atoms with Crippen molar-refractivity contribution in [1.82, 2.24) is 19.9 Å². The predicted octanol–water partition coefficient (Wildman–Crippen LogP) is 3.79. The number of hydrogen-bond acceptors (Lipinski definition) is 4. The van der Waals surface area contributed by atoms with E-state index in [1.165, 1.54) is 0 Å². The van der Waals surface area contributed by atoms with Crippen LogP contribution in [0, 0.1) is 12.1 Å². The molecule has 4 rings (SSSR count). The third kappa shape index (κ3) is 4.27. The Labute approximate surface area is 166 Å². The van der Waals surface area contributed by atoms with Gasteiger partial charge in [-0.05, 0) is 6.07 Å². The predicted molar refractivity (Wildman–Crippen MR) is 95.4 cm³/mol. The van der Waals surface area contributed by atoms with Gasteiger partial charge in [0.25, 0.3) is 0 Å². The molecule has 0 bridgehead atoms. The van der Waals surface area contributed by atoms with Gasteiger partial charge in [0.2, 0.25) is 0 Å². The molecule has 128 valence electrons. The maximum absolute atomic E-state index is 4.68. The number of benzene rings is 2. The molecule has 0 N–H and O–H groups in total. The largest absolute Gasteiger partial charge is 2.00 e. The molecule has 0 spiro atoms. The summed E-state index contributed by atoms with van der Waals surface area (Å²) in [6.07, 6.45) is 5.87. The minimum atomic E-state index is 0. The molecule has 4 nitrogen and oxygen atoms in total. The molecule has 2 aromatic carbocycles. The van der Waals surface area contributed by atoms with Gasteiger partial charge in [0.15, 0.2) is 0 Å². The molecular formula is C21H14N4Pt. The van der Waals surface area contributed by atoms with E-state index in [0.717, 1.165) is 28.2 Å². The summed E-state index contributed by atoms with van der Waals surface area (Å²) >= 11 is 0. The smallest absolute Gasteiger partial charge is 0.298 e. The van der Waals surface area contributed by atoms with Crippen LogP contribution in [0.2, 0.25) is 0 Å². The van der Waals surface area contributed by atoms with Gasteiger partial charge in [-0.1, -0.05) is 0 Å². The van der Waals surface area contributed by atoms with Crippen LogP contribution in [0.3, 0.4) is 0 Å². The van der Waals surface area contributed by atoms with Crippen LogP contribution in [0.1, 0.15) is 11.4 Å². The molecule has 0 saturated heterocycles. The first-order valence-corrected chi connectivity index (χ1v) is 7.95. The zero-order chi connectivity index (χ0) is 16.9. The molecule has 4 aromatic rings. The summed E-state index contributed by atoms with van der Waals surface area (Å²) in [5.74, 6) is 0.665. The van der Waals surface area contributed by atoms with Crippen LogP contribution < -0.4 is 0 Å². The van der Waals surface area contributed by atoms with Gasteiger partial charge in [0.05, 0.1) is 11.5 Å². The maximum atomic E-state index is 4.68. The average molecular weight is 517 g/mol. The SMILES string of the molecule is [Pt+2].[c-]1ccccc1-c1cncc(Cc2ccnc(-c3[c-]cccc3)n2)n1. The van der Waals surface area contributed by atoms with Gasteiger partial charge >= 0.3 is 21.1 Å². The molecule has 0 saturated carbocycles. The van der Waals surface area contributed by atoms with E-state index in [1.807, 2.05) is 54.6 Å². The third-order valence-electron chi connectivity index (χ3n) is 3.69. The maximum Gasteiger partial charge on any atom is 2.00 e. The second-order valence-corrected chi connectivity index (χ2v) is 5.50. The molecule has 0 radical (unpaired) electrons. The minimum absolute atomic E-state index is 0. The first kappa shape index (κ1) is 18.1. The third-order valence-corrected chi connectivity index (χ3v) is 3.69. The van der Waals surface area contributed by atoms with E-state index in [2.05, 4.69) is 32.1 Å². The van der Waals surface area contributed by atoms with Crippen molar-refractivity contribution in [3.63, 3.8) is 0 Å². The Morgan fingerprint density at radius 3 is 2.27 bits per heavy atom. The number of aromatic nitrogens is 4. The van der Waals surface area contributed by atoms with Gasteiger partial charge in [-0.3, -0.25) is 19.9 Å². The van der Waals surface area contributed by atoms with Crippen molar-refractivity contribution in [2.45, 2.75) is 6.42 Å². The van der Waals surface area contributed by atoms with Crippen LogP contribution in [0.4, 0.5) is 0 Å². The summed E-state index contributed by atoms with van der Waals surface area (Å²) in [6.45, 7) is 0. The van der Waals surface area contributed by atoms with Crippen molar-refractivity contribution in [3.8, 4) is 22.6 Å². The van der Waals surface area contributed by atoms with Crippen LogP contribution in [-0.4, -0.2) is 19.9 Å². The second kappa shape index (κ2) is 8.59. The fourth-order valence-electron chi connectivity index (χ4n) is 2.52. The van der Waals surface area contributed by atoms with E-state index in [9.17, 15) is 0 Å². The monoisotopic (exact) mass is 517 g/mol. The van der Waals surface area contributed by atoms with Crippen LogP contribution in [0.25, 0.3) is 22.6 Å². The van der Waals surface area contributed by atoms with Gasteiger partial charge in [0, 0.05) is 36.4 Å². The Morgan fingerprint density at radius 2 is 1.54 bits per heavy atom. The number of rotatable bonds is 4. The van der Waals surface area contributed by atoms with Crippen molar-refractivity contribution in [1.29, 1.82) is 0 Å². The Morgan fingerprint density at radius 1 is 0.769 bits per heavy atom. The van der Waals surface area contributed by atoms with Crippen molar-refractivity contribution >= 4 is 0 Å². The quantitative estimate of drug-likeness (QED) is 0.387. The van der Waals surface area contributed by atoms with Crippen LogP contribution >= 0.6 is 0 Å². The average Bonchev–Trinajstić information content (AvgIpc) is 2.70.